The maximum absolute atomic E-state index is 13.3. The summed E-state index contributed by atoms with van der Waals surface area (Å²) in [7, 11) is 0. The molecule has 12 heteroatoms. The van der Waals surface area contributed by atoms with Crippen molar-refractivity contribution in [3.8, 4) is 0 Å². The highest BCUT2D eigenvalue weighted by molar-refractivity contribution is 6.21. The number of fused-ring (bicyclic) bond motifs is 1. The van der Waals surface area contributed by atoms with Gasteiger partial charge in [0.2, 0.25) is 0 Å². The van der Waals surface area contributed by atoms with E-state index in [1.807, 2.05) is 0 Å². The van der Waals surface area contributed by atoms with Gasteiger partial charge < -0.3 is 10.6 Å². The molecule has 0 aromatic heterocycles. The summed E-state index contributed by atoms with van der Waals surface area (Å²) in [5.41, 5.74) is -1.73. The van der Waals surface area contributed by atoms with E-state index in [2.05, 4.69) is 10.6 Å². The van der Waals surface area contributed by atoms with Crippen molar-refractivity contribution in [1.82, 2.24) is 4.90 Å². The molecule has 9 nitrogen and oxygen atoms in total. The molecular weight excluding hydrogens is 481 g/mol. The van der Waals surface area contributed by atoms with E-state index < -0.39 is 45.8 Å². The summed E-state index contributed by atoms with van der Waals surface area (Å²) in [6.45, 7) is -0.107. The van der Waals surface area contributed by atoms with Crippen LogP contribution < -0.4 is 10.6 Å². The van der Waals surface area contributed by atoms with Crippen LogP contribution in [0.3, 0.4) is 0 Å². The van der Waals surface area contributed by atoms with Gasteiger partial charge >= 0.3 is 6.18 Å². The second-order valence-corrected chi connectivity index (χ2v) is 7.72. The van der Waals surface area contributed by atoms with Crippen molar-refractivity contribution in [3.63, 3.8) is 0 Å². The van der Waals surface area contributed by atoms with E-state index in [1.54, 1.807) is 12.1 Å². The van der Waals surface area contributed by atoms with Crippen molar-refractivity contribution in [2.75, 3.05) is 23.7 Å². The molecule has 0 bridgehead atoms. The van der Waals surface area contributed by atoms with Crippen LogP contribution in [0.2, 0.25) is 0 Å². The fourth-order valence-electron chi connectivity index (χ4n) is 3.76. The zero-order valence-electron chi connectivity index (χ0n) is 18.3. The summed E-state index contributed by atoms with van der Waals surface area (Å²) in [4.78, 5) is 49.4. The standard InChI is InChI=1S/C24H17F3N4O5/c25-24(26,27)18-7-3-4-8-20(18)29-21(32)17-13-14(31(35)36)9-10-19(17)28-11-12-30-22(33)15-5-1-2-6-16(15)23(30)34/h1-10,13,28H,11-12H2,(H,29,32). The normalized spacial score (nSPS) is 12.9. The number of carbonyl (C=O) groups excluding carboxylic acids is 3. The number of nitro benzene ring substituents is 1. The lowest BCUT2D eigenvalue weighted by Crippen LogP contribution is -2.34. The van der Waals surface area contributed by atoms with Crippen LogP contribution >= 0.6 is 0 Å². The van der Waals surface area contributed by atoms with Crippen LogP contribution in [0.1, 0.15) is 36.6 Å². The van der Waals surface area contributed by atoms with Crippen LogP contribution in [0.25, 0.3) is 0 Å². The van der Waals surface area contributed by atoms with Crippen molar-refractivity contribution >= 4 is 34.8 Å². The average molecular weight is 498 g/mol. The summed E-state index contributed by atoms with van der Waals surface area (Å²) < 4.78 is 39.9. The quantitative estimate of drug-likeness (QED) is 0.280. The lowest BCUT2D eigenvalue weighted by atomic mass is 10.1. The molecule has 1 aliphatic heterocycles. The molecule has 36 heavy (non-hydrogen) atoms. The molecule has 3 amide bonds. The molecule has 4 rings (SSSR count). The largest absolute Gasteiger partial charge is 0.418 e. The summed E-state index contributed by atoms with van der Waals surface area (Å²) in [5.74, 6) is -1.98. The zero-order valence-corrected chi connectivity index (χ0v) is 18.3. The number of anilines is 2. The Hall–Kier alpha value is -4.74. The highest BCUT2D eigenvalue weighted by Crippen LogP contribution is 2.35. The van der Waals surface area contributed by atoms with Gasteiger partial charge in [0.1, 0.15) is 0 Å². The van der Waals surface area contributed by atoms with Crippen LogP contribution in [0.15, 0.2) is 66.7 Å². The molecule has 3 aromatic rings. The van der Waals surface area contributed by atoms with Crippen molar-refractivity contribution < 1.29 is 32.5 Å². The predicted molar refractivity (Wildman–Crippen MR) is 123 cm³/mol. The average Bonchev–Trinajstić information content (AvgIpc) is 3.08. The molecule has 0 unspecified atom stereocenters. The lowest BCUT2D eigenvalue weighted by molar-refractivity contribution is -0.384. The molecule has 0 saturated heterocycles. The molecule has 0 spiro atoms. The second-order valence-electron chi connectivity index (χ2n) is 7.72. The number of alkyl halides is 3. The van der Waals surface area contributed by atoms with E-state index in [1.165, 1.54) is 24.3 Å². The van der Waals surface area contributed by atoms with Gasteiger partial charge in [-0.1, -0.05) is 24.3 Å². The van der Waals surface area contributed by atoms with E-state index in [0.717, 1.165) is 35.2 Å². The number of carbonyl (C=O) groups is 3. The number of amides is 3. The molecule has 0 saturated carbocycles. The summed E-state index contributed by atoms with van der Waals surface area (Å²) in [5, 5.41) is 16.2. The van der Waals surface area contributed by atoms with Crippen LogP contribution in [-0.2, 0) is 6.18 Å². The van der Waals surface area contributed by atoms with Crippen LogP contribution in [0.4, 0.5) is 30.2 Å². The third-order valence-electron chi connectivity index (χ3n) is 5.47. The van der Waals surface area contributed by atoms with Gasteiger partial charge in [-0.15, -0.1) is 0 Å². The molecule has 184 valence electrons. The maximum Gasteiger partial charge on any atom is 0.418 e. The molecule has 1 heterocycles. The number of nitro groups is 1. The Labute approximate surface area is 201 Å². The van der Waals surface area contributed by atoms with Gasteiger partial charge in [0.15, 0.2) is 0 Å². The Balaban J connectivity index is 1.54. The molecule has 1 aliphatic rings. The molecule has 0 fully saturated rings. The third-order valence-corrected chi connectivity index (χ3v) is 5.47. The third kappa shape index (κ3) is 4.73. The Kier molecular flexibility index (Phi) is 6.43. The summed E-state index contributed by atoms with van der Waals surface area (Å²) in [6, 6.07) is 13.9. The Morgan fingerprint density at radius 1 is 0.917 bits per heavy atom. The van der Waals surface area contributed by atoms with Crippen LogP contribution in [0, 0.1) is 10.1 Å². The van der Waals surface area contributed by atoms with Gasteiger partial charge in [-0.25, -0.2) is 0 Å². The number of benzene rings is 3. The number of para-hydroxylation sites is 1. The monoisotopic (exact) mass is 498 g/mol. The highest BCUT2D eigenvalue weighted by atomic mass is 19.4. The number of hydrogen-bond acceptors (Lipinski definition) is 6. The maximum atomic E-state index is 13.3. The van der Waals surface area contributed by atoms with Gasteiger partial charge in [0.25, 0.3) is 23.4 Å². The number of nitrogens with one attached hydrogen (secondary N) is 2. The molecule has 0 aliphatic carbocycles. The summed E-state index contributed by atoms with van der Waals surface area (Å²) >= 11 is 0. The van der Waals surface area contributed by atoms with Crippen molar-refractivity contribution in [2.24, 2.45) is 0 Å². The Bertz CT molecular complexity index is 1360. The number of imide groups is 1. The number of hydrogen-bond donors (Lipinski definition) is 2. The molecule has 2 N–H and O–H groups in total. The first-order chi connectivity index (χ1) is 17.1. The van der Waals surface area contributed by atoms with Gasteiger partial charge in [0.05, 0.1) is 32.9 Å². The number of rotatable bonds is 7. The van der Waals surface area contributed by atoms with Gasteiger partial charge in [-0.3, -0.25) is 29.4 Å². The SMILES string of the molecule is O=C(Nc1ccccc1C(F)(F)F)c1cc([N+](=O)[O-])ccc1NCCN1C(=O)c2ccccc2C1=O. The molecule has 3 aromatic carbocycles. The minimum atomic E-state index is -4.74. The Morgan fingerprint density at radius 2 is 1.53 bits per heavy atom. The first kappa shape index (κ1) is 24.4. The number of halogens is 3. The minimum absolute atomic E-state index is 0.0251. The molecule has 0 atom stereocenters. The topological polar surface area (TPSA) is 122 Å². The number of nitrogens with zero attached hydrogens (tertiary/aromatic N) is 2. The summed E-state index contributed by atoms with van der Waals surface area (Å²) in [6.07, 6.45) is -4.74. The smallest absolute Gasteiger partial charge is 0.383 e. The first-order valence-electron chi connectivity index (χ1n) is 10.5. The fraction of sp³-hybridized carbons (Fsp3) is 0.125. The molecule has 0 radical (unpaired) electrons. The van der Waals surface area contributed by atoms with Gasteiger partial charge in [-0.2, -0.15) is 13.2 Å². The first-order valence-corrected chi connectivity index (χ1v) is 10.5. The van der Waals surface area contributed by atoms with E-state index in [0.29, 0.717) is 0 Å². The lowest BCUT2D eigenvalue weighted by Gasteiger charge is -2.17. The van der Waals surface area contributed by atoms with Gasteiger partial charge in [0, 0.05) is 30.9 Å². The van der Waals surface area contributed by atoms with Crippen molar-refractivity contribution in [2.45, 2.75) is 6.18 Å². The molecular formula is C24H17F3N4O5. The van der Waals surface area contributed by atoms with Crippen molar-refractivity contribution in [1.29, 1.82) is 0 Å². The van der Waals surface area contributed by atoms with E-state index in [4.69, 9.17) is 0 Å². The second kappa shape index (κ2) is 9.49. The Morgan fingerprint density at radius 3 is 2.14 bits per heavy atom. The number of non-ortho nitro benzene ring substituents is 1. The van der Waals surface area contributed by atoms with Crippen LogP contribution in [-0.4, -0.2) is 40.6 Å². The van der Waals surface area contributed by atoms with Gasteiger partial charge in [-0.05, 0) is 30.3 Å². The zero-order chi connectivity index (χ0) is 26.0. The van der Waals surface area contributed by atoms with E-state index in [-0.39, 0.29) is 35.5 Å². The van der Waals surface area contributed by atoms with E-state index >= 15 is 0 Å². The van der Waals surface area contributed by atoms with Crippen LogP contribution in [0.5, 0.6) is 0 Å². The fourth-order valence-corrected chi connectivity index (χ4v) is 3.76. The van der Waals surface area contributed by atoms with Crippen molar-refractivity contribution in [3.05, 3.63) is 99.1 Å². The minimum Gasteiger partial charge on any atom is -0.383 e. The van der Waals surface area contributed by atoms with E-state index in [9.17, 15) is 37.7 Å². The highest BCUT2D eigenvalue weighted by Gasteiger charge is 2.35. The predicted octanol–water partition coefficient (Wildman–Crippen LogP) is 4.57.